The lowest BCUT2D eigenvalue weighted by molar-refractivity contribution is -0.0338. The zero-order valence-corrected chi connectivity index (χ0v) is 9.82. The average Bonchev–Trinajstić information content (AvgIpc) is 2.64. The summed E-state index contributed by atoms with van der Waals surface area (Å²) in [6, 6.07) is 0.470. The Bertz CT molecular complexity index is 198. The number of hydrogen-bond acceptors (Lipinski definition) is 3. The van der Waals surface area contributed by atoms with Gasteiger partial charge in [0.1, 0.15) is 0 Å². The van der Waals surface area contributed by atoms with Gasteiger partial charge < -0.3 is 10.5 Å². The molecule has 1 saturated heterocycles. The zero-order valence-electron chi connectivity index (χ0n) is 9.82. The predicted octanol–water partition coefficient (Wildman–Crippen LogP) is 1.22. The predicted molar refractivity (Wildman–Crippen MR) is 61.8 cm³/mol. The lowest BCUT2D eigenvalue weighted by atomic mass is 10.1. The maximum Gasteiger partial charge on any atom is 0.0700 e. The standard InChI is InChI=1S/C12H24N2O/c1-2-12-9-14(5-6-15-12)8-10-3-4-11(13)7-10/h10-12H,2-9,13H2,1H3. The normalized spacial score (nSPS) is 38.4. The topological polar surface area (TPSA) is 38.5 Å². The Morgan fingerprint density at radius 1 is 1.40 bits per heavy atom. The van der Waals surface area contributed by atoms with Gasteiger partial charge in [-0.2, -0.15) is 0 Å². The Labute approximate surface area is 93.0 Å². The first kappa shape index (κ1) is 11.4. The number of morpholine rings is 1. The van der Waals surface area contributed by atoms with Crippen LogP contribution in [0.4, 0.5) is 0 Å². The van der Waals surface area contributed by atoms with Crippen LogP contribution in [0.1, 0.15) is 32.6 Å². The quantitative estimate of drug-likeness (QED) is 0.764. The van der Waals surface area contributed by atoms with Crippen LogP contribution in [0.2, 0.25) is 0 Å². The average molecular weight is 212 g/mol. The Morgan fingerprint density at radius 2 is 2.27 bits per heavy atom. The molecule has 15 heavy (non-hydrogen) atoms. The first-order valence-electron chi connectivity index (χ1n) is 6.37. The highest BCUT2D eigenvalue weighted by Crippen LogP contribution is 2.25. The van der Waals surface area contributed by atoms with E-state index in [-0.39, 0.29) is 0 Å². The van der Waals surface area contributed by atoms with Crippen LogP contribution in [0.15, 0.2) is 0 Å². The summed E-state index contributed by atoms with van der Waals surface area (Å²) in [6.07, 6.45) is 5.39. The fraction of sp³-hybridized carbons (Fsp3) is 1.00. The minimum Gasteiger partial charge on any atom is -0.376 e. The third-order valence-electron chi connectivity index (χ3n) is 3.78. The molecule has 2 aliphatic rings. The van der Waals surface area contributed by atoms with Gasteiger partial charge in [-0.25, -0.2) is 0 Å². The van der Waals surface area contributed by atoms with E-state index in [2.05, 4.69) is 11.8 Å². The number of nitrogens with zero attached hydrogens (tertiary/aromatic N) is 1. The molecule has 0 spiro atoms. The number of hydrogen-bond donors (Lipinski definition) is 1. The fourth-order valence-corrected chi connectivity index (χ4v) is 2.84. The summed E-state index contributed by atoms with van der Waals surface area (Å²) in [6.45, 7) is 6.61. The maximum atomic E-state index is 5.94. The maximum absolute atomic E-state index is 5.94. The molecular weight excluding hydrogens is 188 g/mol. The second kappa shape index (κ2) is 5.28. The summed E-state index contributed by atoms with van der Waals surface area (Å²) in [7, 11) is 0. The molecule has 1 heterocycles. The molecule has 1 aliphatic carbocycles. The van der Waals surface area contributed by atoms with Crippen LogP contribution >= 0.6 is 0 Å². The van der Waals surface area contributed by atoms with Gasteiger partial charge in [0.2, 0.25) is 0 Å². The van der Waals surface area contributed by atoms with Crippen LogP contribution < -0.4 is 5.73 Å². The molecule has 3 unspecified atom stereocenters. The van der Waals surface area contributed by atoms with E-state index in [9.17, 15) is 0 Å². The molecule has 0 aromatic carbocycles. The van der Waals surface area contributed by atoms with E-state index in [4.69, 9.17) is 10.5 Å². The SMILES string of the molecule is CCC1CN(CC2CCC(N)C2)CCO1. The van der Waals surface area contributed by atoms with Gasteiger partial charge in [-0.1, -0.05) is 6.92 Å². The number of nitrogens with two attached hydrogens (primary N) is 1. The zero-order chi connectivity index (χ0) is 10.7. The molecule has 1 aliphatic heterocycles. The largest absolute Gasteiger partial charge is 0.376 e. The fourth-order valence-electron chi connectivity index (χ4n) is 2.84. The Hall–Kier alpha value is -0.120. The van der Waals surface area contributed by atoms with E-state index in [0.717, 1.165) is 32.0 Å². The van der Waals surface area contributed by atoms with Crippen molar-refractivity contribution >= 4 is 0 Å². The van der Waals surface area contributed by atoms with Crippen molar-refractivity contribution in [1.29, 1.82) is 0 Å². The summed E-state index contributed by atoms with van der Waals surface area (Å²) in [5.41, 5.74) is 5.94. The van der Waals surface area contributed by atoms with Crippen molar-refractivity contribution < 1.29 is 4.74 Å². The third-order valence-corrected chi connectivity index (χ3v) is 3.78. The third kappa shape index (κ3) is 3.16. The molecule has 2 N–H and O–H groups in total. The summed E-state index contributed by atoms with van der Waals surface area (Å²) in [5, 5.41) is 0. The van der Waals surface area contributed by atoms with E-state index in [1.165, 1.54) is 25.8 Å². The van der Waals surface area contributed by atoms with Crippen LogP contribution in [-0.2, 0) is 4.74 Å². The smallest absolute Gasteiger partial charge is 0.0700 e. The summed E-state index contributed by atoms with van der Waals surface area (Å²) >= 11 is 0. The van der Waals surface area contributed by atoms with E-state index in [1.54, 1.807) is 0 Å². The second-order valence-corrected chi connectivity index (χ2v) is 5.10. The molecule has 0 amide bonds. The lowest BCUT2D eigenvalue weighted by Gasteiger charge is -2.34. The van der Waals surface area contributed by atoms with Crippen molar-refractivity contribution in [3.8, 4) is 0 Å². The van der Waals surface area contributed by atoms with Crippen LogP contribution in [0, 0.1) is 5.92 Å². The Balaban J connectivity index is 1.74. The van der Waals surface area contributed by atoms with Crippen molar-refractivity contribution in [2.45, 2.75) is 44.8 Å². The molecule has 0 radical (unpaired) electrons. The highest BCUT2D eigenvalue weighted by Gasteiger charge is 2.26. The monoisotopic (exact) mass is 212 g/mol. The van der Waals surface area contributed by atoms with E-state index in [0.29, 0.717) is 12.1 Å². The van der Waals surface area contributed by atoms with E-state index < -0.39 is 0 Å². The van der Waals surface area contributed by atoms with Gasteiger partial charge in [-0.05, 0) is 31.6 Å². The molecule has 2 rings (SSSR count). The molecule has 3 atom stereocenters. The van der Waals surface area contributed by atoms with Gasteiger partial charge in [-0.15, -0.1) is 0 Å². The number of rotatable bonds is 3. The first-order valence-corrected chi connectivity index (χ1v) is 6.37. The van der Waals surface area contributed by atoms with Gasteiger partial charge in [0, 0.05) is 25.7 Å². The van der Waals surface area contributed by atoms with Crippen molar-refractivity contribution in [3.05, 3.63) is 0 Å². The Kier molecular flexibility index (Phi) is 4.00. The molecule has 0 aromatic heterocycles. The van der Waals surface area contributed by atoms with Crippen LogP contribution in [-0.4, -0.2) is 43.3 Å². The van der Waals surface area contributed by atoms with Gasteiger partial charge in [0.05, 0.1) is 12.7 Å². The molecule has 2 fully saturated rings. The van der Waals surface area contributed by atoms with Crippen molar-refractivity contribution in [2.75, 3.05) is 26.2 Å². The second-order valence-electron chi connectivity index (χ2n) is 5.10. The molecular formula is C12H24N2O. The summed E-state index contributed by atoms with van der Waals surface area (Å²) in [5.74, 6) is 0.843. The van der Waals surface area contributed by atoms with Gasteiger partial charge in [0.25, 0.3) is 0 Å². The highest BCUT2D eigenvalue weighted by atomic mass is 16.5. The molecule has 3 nitrogen and oxygen atoms in total. The van der Waals surface area contributed by atoms with Crippen molar-refractivity contribution in [2.24, 2.45) is 11.7 Å². The van der Waals surface area contributed by atoms with Crippen LogP contribution in [0.5, 0.6) is 0 Å². The van der Waals surface area contributed by atoms with Gasteiger partial charge in [0.15, 0.2) is 0 Å². The lowest BCUT2D eigenvalue weighted by Crippen LogP contribution is -2.44. The molecule has 88 valence electrons. The van der Waals surface area contributed by atoms with E-state index >= 15 is 0 Å². The van der Waals surface area contributed by atoms with Gasteiger partial charge >= 0.3 is 0 Å². The van der Waals surface area contributed by atoms with E-state index in [1.807, 2.05) is 0 Å². The highest BCUT2D eigenvalue weighted by molar-refractivity contribution is 4.81. The van der Waals surface area contributed by atoms with Crippen LogP contribution in [0.25, 0.3) is 0 Å². The molecule has 1 saturated carbocycles. The molecule has 0 aromatic rings. The van der Waals surface area contributed by atoms with Gasteiger partial charge in [-0.3, -0.25) is 4.90 Å². The minimum atomic E-state index is 0.467. The first-order chi connectivity index (χ1) is 7.28. The molecule has 0 bridgehead atoms. The van der Waals surface area contributed by atoms with Crippen LogP contribution in [0.3, 0.4) is 0 Å². The minimum absolute atomic E-state index is 0.467. The summed E-state index contributed by atoms with van der Waals surface area (Å²) in [4.78, 5) is 2.57. The number of ether oxygens (including phenoxy) is 1. The van der Waals surface area contributed by atoms with Crippen molar-refractivity contribution in [3.63, 3.8) is 0 Å². The summed E-state index contributed by atoms with van der Waals surface area (Å²) < 4.78 is 5.68. The molecule has 3 heteroatoms. The van der Waals surface area contributed by atoms with Crippen molar-refractivity contribution in [1.82, 2.24) is 4.90 Å². The Morgan fingerprint density at radius 3 is 2.93 bits per heavy atom.